The molecule has 0 aliphatic rings. The number of H-pyrrole nitrogens is 1. The van der Waals surface area contributed by atoms with Crippen molar-refractivity contribution in [3.63, 3.8) is 0 Å². The fraction of sp³-hybridized carbons (Fsp3) is 0.250. The molecule has 0 aliphatic carbocycles. The molecule has 0 aromatic carbocycles. The lowest BCUT2D eigenvalue weighted by molar-refractivity contribution is 0.777. The van der Waals surface area contributed by atoms with Crippen LogP contribution in [0.5, 0.6) is 0 Å². The van der Waals surface area contributed by atoms with E-state index in [4.69, 9.17) is 0 Å². The van der Waals surface area contributed by atoms with Gasteiger partial charge in [0.15, 0.2) is 17.0 Å². The van der Waals surface area contributed by atoms with Gasteiger partial charge in [0.1, 0.15) is 6.33 Å². The Labute approximate surface area is 95.3 Å². The van der Waals surface area contributed by atoms with Gasteiger partial charge in [-0.15, -0.1) is 5.10 Å². The molecular weight excluding hydrogens is 222 g/mol. The standard InChI is InChI=1S/C8H9N9/c1-2-17-4-11-5-6(9-3-10-7(5)17)12-8-13-15-16-14-8/h3-4H,2H2,1H3,(H2,9,10,12,13,14,15,16). The Bertz CT molecular complexity index is 626. The minimum absolute atomic E-state index is 0.344. The molecule has 0 aliphatic heterocycles. The number of aromatic amines is 1. The molecule has 0 bridgehead atoms. The molecule has 0 atom stereocenters. The Morgan fingerprint density at radius 2 is 2.29 bits per heavy atom. The van der Waals surface area contributed by atoms with E-state index in [1.807, 2.05) is 11.5 Å². The van der Waals surface area contributed by atoms with Gasteiger partial charge in [0, 0.05) is 6.54 Å². The molecule has 2 N–H and O–H groups in total. The first-order chi connectivity index (χ1) is 8.38. The van der Waals surface area contributed by atoms with Gasteiger partial charge < -0.3 is 9.88 Å². The van der Waals surface area contributed by atoms with Crippen molar-refractivity contribution in [1.82, 2.24) is 40.1 Å². The predicted molar refractivity (Wildman–Crippen MR) is 58.5 cm³/mol. The molecule has 3 rings (SSSR count). The molecule has 86 valence electrons. The van der Waals surface area contributed by atoms with Crippen molar-refractivity contribution in [2.24, 2.45) is 0 Å². The molecule has 0 saturated carbocycles. The van der Waals surface area contributed by atoms with E-state index in [0.29, 0.717) is 17.3 Å². The highest BCUT2D eigenvalue weighted by Gasteiger charge is 2.10. The summed E-state index contributed by atoms with van der Waals surface area (Å²) in [5, 5.41) is 16.3. The van der Waals surface area contributed by atoms with Gasteiger partial charge in [0.25, 0.3) is 5.95 Å². The van der Waals surface area contributed by atoms with E-state index in [2.05, 4.69) is 40.9 Å². The molecular formula is C8H9N9. The number of imidazole rings is 1. The first kappa shape index (κ1) is 9.63. The van der Waals surface area contributed by atoms with Gasteiger partial charge in [-0.3, -0.25) is 0 Å². The van der Waals surface area contributed by atoms with Crippen molar-refractivity contribution >= 4 is 22.9 Å². The minimum atomic E-state index is 0.344. The van der Waals surface area contributed by atoms with Crippen LogP contribution in [0.2, 0.25) is 0 Å². The van der Waals surface area contributed by atoms with Gasteiger partial charge in [0.2, 0.25) is 0 Å². The predicted octanol–water partition coefficient (Wildman–Crippen LogP) is 0.103. The third kappa shape index (κ3) is 1.57. The SMILES string of the molecule is CCn1cnc2c(Nc3nn[nH]n3)ncnc21. The second-order valence-electron chi connectivity index (χ2n) is 3.29. The first-order valence-electron chi connectivity index (χ1n) is 5.04. The normalized spacial score (nSPS) is 10.9. The Balaban J connectivity index is 2.07. The van der Waals surface area contributed by atoms with Crippen LogP contribution in [0.4, 0.5) is 11.8 Å². The van der Waals surface area contributed by atoms with Crippen LogP contribution in [-0.2, 0) is 6.54 Å². The maximum atomic E-state index is 4.26. The van der Waals surface area contributed by atoms with Gasteiger partial charge in [-0.1, -0.05) is 5.10 Å². The highest BCUT2D eigenvalue weighted by molar-refractivity contribution is 5.84. The molecule has 0 spiro atoms. The number of aromatic nitrogens is 8. The zero-order chi connectivity index (χ0) is 11.7. The van der Waals surface area contributed by atoms with Crippen LogP contribution in [0.25, 0.3) is 11.2 Å². The number of nitrogens with zero attached hydrogens (tertiary/aromatic N) is 7. The Morgan fingerprint density at radius 1 is 1.35 bits per heavy atom. The lowest BCUT2D eigenvalue weighted by atomic mass is 10.5. The van der Waals surface area contributed by atoms with Crippen LogP contribution < -0.4 is 5.32 Å². The third-order valence-corrected chi connectivity index (χ3v) is 2.32. The Hall–Kier alpha value is -2.58. The molecule has 17 heavy (non-hydrogen) atoms. The van der Waals surface area contributed by atoms with Crippen molar-refractivity contribution in [2.75, 3.05) is 5.32 Å². The molecule has 0 radical (unpaired) electrons. The molecule has 0 fully saturated rings. The lowest BCUT2D eigenvalue weighted by Crippen LogP contribution is -1.99. The van der Waals surface area contributed by atoms with E-state index in [0.717, 1.165) is 12.2 Å². The van der Waals surface area contributed by atoms with E-state index in [1.54, 1.807) is 6.33 Å². The third-order valence-electron chi connectivity index (χ3n) is 2.32. The van der Waals surface area contributed by atoms with Gasteiger partial charge in [0.05, 0.1) is 6.33 Å². The second kappa shape index (κ2) is 3.77. The van der Waals surface area contributed by atoms with Crippen LogP contribution in [0.15, 0.2) is 12.7 Å². The monoisotopic (exact) mass is 231 g/mol. The van der Waals surface area contributed by atoms with E-state index in [9.17, 15) is 0 Å². The summed E-state index contributed by atoms with van der Waals surface area (Å²) in [7, 11) is 0. The van der Waals surface area contributed by atoms with Crippen LogP contribution in [-0.4, -0.2) is 40.1 Å². The van der Waals surface area contributed by atoms with Crippen LogP contribution in [0, 0.1) is 0 Å². The molecule has 9 heteroatoms. The maximum absolute atomic E-state index is 4.26. The summed E-state index contributed by atoms with van der Waals surface area (Å²) in [6.07, 6.45) is 3.19. The molecule has 3 aromatic heterocycles. The maximum Gasteiger partial charge on any atom is 0.268 e. The van der Waals surface area contributed by atoms with Crippen molar-refractivity contribution in [3.8, 4) is 0 Å². The van der Waals surface area contributed by atoms with Crippen LogP contribution in [0.3, 0.4) is 0 Å². The average Bonchev–Trinajstić information content (AvgIpc) is 2.97. The highest BCUT2D eigenvalue weighted by atomic mass is 15.5. The molecule has 0 saturated heterocycles. The number of nitrogens with one attached hydrogen (secondary N) is 2. The van der Waals surface area contributed by atoms with E-state index in [1.165, 1.54) is 6.33 Å². The zero-order valence-electron chi connectivity index (χ0n) is 8.99. The summed E-state index contributed by atoms with van der Waals surface area (Å²) in [6, 6.07) is 0. The molecule has 9 nitrogen and oxygen atoms in total. The number of hydrogen-bond acceptors (Lipinski definition) is 7. The largest absolute Gasteiger partial charge is 0.315 e. The molecule has 0 unspecified atom stereocenters. The number of tetrazole rings is 1. The van der Waals surface area contributed by atoms with Gasteiger partial charge >= 0.3 is 0 Å². The first-order valence-corrected chi connectivity index (χ1v) is 5.04. The van der Waals surface area contributed by atoms with Crippen molar-refractivity contribution < 1.29 is 0 Å². The van der Waals surface area contributed by atoms with Crippen LogP contribution in [0.1, 0.15) is 6.92 Å². The zero-order valence-corrected chi connectivity index (χ0v) is 8.99. The molecule has 3 heterocycles. The van der Waals surface area contributed by atoms with E-state index in [-0.39, 0.29) is 0 Å². The summed E-state index contributed by atoms with van der Waals surface area (Å²) in [5.41, 5.74) is 1.45. The van der Waals surface area contributed by atoms with Gasteiger partial charge in [-0.25, -0.2) is 15.0 Å². The minimum Gasteiger partial charge on any atom is -0.315 e. The number of anilines is 2. The summed E-state index contributed by atoms with van der Waals surface area (Å²) in [6.45, 7) is 2.82. The smallest absolute Gasteiger partial charge is 0.268 e. The lowest BCUT2D eigenvalue weighted by Gasteiger charge is -2.01. The number of rotatable bonds is 3. The van der Waals surface area contributed by atoms with Gasteiger partial charge in [-0.2, -0.15) is 5.21 Å². The fourth-order valence-corrected chi connectivity index (χ4v) is 1.52. The summed E-state index contributed by atoms with van der Waals surface area (Å²) in [5.74, 6) is 0.902. The fourth-order valence-electron chi connectivity index (χ4n) is 1.52. The quantitative estimate of drug-likeness (QED) is 0.657. The van der Waals surface area contributed by atoms with Crippen molar-refractivity contribution in [1.29, 1.82) is 0 Å². The van der Waals surface area contributed by atoms with E-state index < -0.39 is 0 Å². The van der Waals surface area contributed by atoms with E-state index >= 15 is 0 Å². The van der Waals surface area contributed by atoms with Crippen molar-refractivity contribution in [2.45, 2.75) is 13.5 Å². The van der Waals surface area contributed by atoms with Gasteiger partial charge in [-0.05, 0) is 12.1 Å². The number of fused-ring (bicyclic) bond motifs is 1. The second-order valence-corrected chi connectivity index (χ2v) is 3.29. The number of aryl methyl sites for hydroxylation is 1. The Kier molecular flexibility index (Phi) is 2.14. The summed E-state index contributed by atoms with van der Waals surface area (Å²) < 4.78 is 1.93. The molecule has 0 amide bonds. The van der Waals surface area contributed by atoms with Crippen molar-refractivity contribution in [3.05, 3.63) is 12.7 Å². The summed E-state index contributed by atoms with van der Waals surface area (Å²) >= 11 is 0. The Morgan fingerprint density at radius 3 is 3.06 bits per heavy atom. The highest BCUT2D eigenvalue weighted by Crippen LogP contribution is 2.18. The molecule has 3 aromatic rings. The topological polar surface area (TPSA) is 110 Å². The average molecular weight is 231 g/mol. The number of hydrogen-bond donors (Lipinski definition) is 2. The summed E-state index contributed by atoms with van der Waals surface area (Å²) in [4.78, 5) is 12.6. The van der Waals surface area contributed by atoms with Crippen LogP contribution >= 0.6 is 0 Å².